The molecular weight excluding hydrogens is 176 g/mol. The number of anilines is 2. The predicted octanol–water partition coefficient (Wildman–Crippen LogP) is 0.207. The molecule has 0 saturated heterocycles. The Morgan fingerprint density at radius 1 is 1.50 bits per heavy atom. The van der Waals surface area contributed by atoms with Crippen LogP contribution in [0.25, 0.3) is 0 Å². The van der Waals surface area contributed by atoms with E-state index in [-0.39, 0.29) is 0 Å². The lowest BCUT2D eigenvalue weighted by Crippen LogP contribution is -2.05. The van der Waals surface area contributed by atoms with E-state index in [0.29, 0.717) is 11.5 Å². The molecule has 0 bridgehead atoms. The highest BCUT2D eigenvalue weighted by molar-refractivity contribution is 5.60. The summed E-state index contributed by atoms with van der Waals surface area (Å²) in [5.41, 5.74) is 12.3. The van der Waals surface area contributed by atoms with Crippen LogP contribution in [0.1, 0.15) is 12.0 Å². The van der Waals surface area contributed by atoms with Crippen molar-refractivity contribution in [3.63, 3.8) is 0 Å². The molecule has 1 aromatic heterocycles. The summed E-state index contributed by atoms with van der Waals surface area (Å²) in [4.78, 5) is 3.91. The van der Waals surface area contributed by atoms with E-state index in [0.717, 1.165) is 18.5 Å². The fourth-order valence-corrected chi connectivity index (χ4v) is 0.913. The van der Waals surface area contributed by atoms with E-state index in [1.165, 1.54) is 0 Å². The van der Waals surface area contributed by atoms with Crippen LogP contribution in [0, 0.1) is 11.8 Å². The van der Waals surface area contributed by atoms with Crippen LogP contribution in [-0.2, 0) is 0 Å². The Bertz CT molecular complexity index is 362. The van der Waals surface area contributed by atoms with Crippen LogP contribution >= 0.6 is 0 Å². The van der Waals surface area contributed by atoms with Crippen molar-refractivity contribution >= 4 is 11.5 Å². The van der Waals surface area contributed by atoms with E-state index < -0.39 is 0 Å². The smallest absolute Gasteiger partial charge is 0.146 e. The molecule has 14 heavy (non-hydrogen) atoms. The Hall–Kier alpha value is -1.73. The first-order chi connectivity index (χ1) is 6.74. The van der Waals surface area contributed by atoms with Gasteiger partial charge >= 0.3 is 0 Å². The van der Waals surface area contributed by atoms with Gasteiger partial charge in [0.15, 0.2) is 0 Å². The van der Waals surface area contributed by atoms with Crippen molar-refractivity contribution in [2.75, 3.05) is 25.1 Å². The van der Waals surface area contributed by atoms with Crippen LogP contribution in [-0.4, -0.2) is 18.6 Å². The number of nitrogens with two attached hydrogens (primary N) is 2. The zero-order valence-corrected chi connectivity index (χ0v) is 8.17. The molecule has 74 valence electrons. The number of nitrogens with zero attached hydrogens (tertiary/aromatic N) is 1. The van der Waals surface area contributed by atoms with Gasteiger partial charge in [0.05, 0.1) is 5.69 Å². The number of hydrogen-bond donors (Lipinski definition) is 3. The van der Waals surface area contributed by atoms with Gasteiger partial charge in [-0.05, 0) is 13.1 Å². The Balaban J connectivity index is 2.66. The molecule has 1 rings (SSSR count). The quantitative estimate of drug-likeness (QED) is 0.460. The molecule has 5 N–H and O–H groups in total. The third kappa shape index (κ3) is 2.96. The minimum absolute atomic E-state index is 0.353. The Labute approximate surface area is 83.7 Å². The molecule has 0 aromatic carbocycles. The second-order valence-corrected chi connectivity index (χ2v) is 2.85. The van der Waals surface area contributed by atoms with Crippen LogP contribution in [0.5, 0.6) is 0 Å². The molecule has 0 unspecified atom stereocenters. The fourth-order valence-electron chi connectivity index (χ4n) is 0.913. The number of rotatable bonds is 2. The average Bonchev–Trinajstić information content (AvgIpc) is 2.18. The second kappa shape index (κ2) is 5.10. The number of nitrogen functional groups attached to an aromatic ring is 2. The Morgan fingerprint density at radius 3 is 2.93 bits per heavy atom. The highest BCUT2D eigenvalue weighted by Gasteiger charge is 1.94. The highest BCUT2D eigenvalue weighted by Crippen LogP contribution is 2.11. The monoisotopic (exact) mass is 190 g/mol. The molecule has 0 radical (unpaired) electrons. The zero-order chi connectivity index (χ0) is 10.4. The first-order valence-electron chi connectivity index (χ1n) is 4.38. The summed E-state index contributed by atoms with van der Waals surface area (Å²) in [5.74, 6) is 6.31. The zero-order valence-electron chi connectivity index (χ0n) is 8.17. The van der Waals surface area contributed by atoms with Crippen LogP contribution in [0.15, 0.2) is 12.3 Å². The predicted molar refractivity (Wildman–Crippen MR) is 58.5 cm³/mol. The van der Waals surface area contributed by atoms with E-state index in [1.807, 2.05) is 7.05 Å². The molecule has 0 aliphatic carbocycles. The second-order valence-electron chi connectivity index (χ2n) is 2.85. The Kier molecular flexibility index (Phi) is 3.77. The van der Waals surface area contributed by atoms with E-state index in [2.05, 4.69) is 22.1 Å². The molecule has 1 heterocycles. The highest BCUT2D eigenvalue weighted by atomic mass is 14.9. The average molecular weight is 190 g/mol. The minimum atomic E-state index is 0.353. The van der Waals surface area contributed by atoms with E-state index >= 15 is 0 Å². The summed E-state index contributed by atoms with van der Waals surface area (Å²) in [6.45, 7) is 0.880. The molecule has 1 aromatic rings. The summed E-state index contributed by atoms with van der Waals surface area (Å²) >= 11 is 0. The molecular formula is C10H14N4. The molecule has 0 spiro atoms. The number of aromatic nitrogens is 1. The largest absolute Gasteiger partial charge is 0.396 e. The molecule has 0 fully saturated rings. The van der Waals surface area contributed by atoms with Crippen LogP contribution < -0.4 is 16.8 Å². The maximum absolute atomic E-state index is 5.58. The van der Waals surface area contributed by atoms with Crippen molar-refractivity contribution in [2.45, 2.75) is 6.42 Å². The standard InChI is InChI=1S/C10H14N4/c1-13-5-3-2-4-8-6-9(11)10(12)14-7-8/h6-7,13H,3,5,11H2,1H3,(H2,12,14). The molecule has 0 saturated carbocycles. The lowest BCUT2D eigenvalue weighted by atomic mass is 10.2. The summed E-state index contributed by atoms with van der Waals surface area (Å²) in [6, 6.07) is 1.73. The third-order valence-electron chi connectivity index (χ3n) is 1.68. The van der Waals surface area contributed by atoms with Crippen molar-refractivity contribution in [3.05, 3.63) is 17.8 Å². The van der Waals surface area contributed by atoms with Gasteiger partial charge in [0.2, 0.25) is 0 Å². The molecule has 0 aliphatic heterocycles. The van der Waals surface area contributed by atoms with E-state index in [4.69, 9.17) is 11.5 Å². The van der Waals surface area contributed by atoms with Crippen molar-refractivity contribution in [1.82, 2.24) is 10.3 Å². The summed E-state index contributed by atoms with van der Waals surface area (Å²) in [6.07, 6.45) is 2.43. The fraction of sp³-hybridized carbons (Fsp3) is 0.300. The number of nitrogens with one attached hydrogen (secondary N) is 1. The molecule has 4 nitrogen and oxygen atoms in total. The molecule has 0 amide bonds. The summed E-state index contributed by atoms with van der Waals surface area (Å²) in [7, 11) is 1.89. The van der Waals surface area contributed by atoms with Gasteiger partial charge in [-0.2, -0.15) is 0 Å². The van der Waals surface area contributed by atoms with E-state index in [1.54, 1.807) is 12.3 Å². The van der Waals surface area contributed by atoms with Gasteiger partial charge in [0.1, 0.15) is 5.82 Å². The lowest BCUT2D eigenvalue weighted by molar-refractivity contribution is 0.818. The van der Waals surface area contributed by atoms with Gasteiger partial charge in [-0.1, -0.05) is 11.8 Å². The van der Waals surface area contributed by atoms with Crippen molar-refractivity contribution in [2.24, 2.45) is 0 Å². The van der Waals surface area contributed by atoms with E-state index in [9.17, 15) is 0 Å². The van der Waals surface area contributed by atoms with Gasteiger partial charge < -0.3 is 16.8 Å². The summed E-state index contributed by atoms with van der Waals surface area (Å²) < 4.78 is 0. The van der Waals surface area contributed by atoms with Gasteiger partial charge in [0.25, 0.3) is 0 Å². The first kappa shape index (κ1) is 10.4. The van der Waals surface area contributed by atoms with Crippen LogP contribution in [0.3, 0.4) is 0 Å². The van der Waals surface area contributed by atoms with Crippen molar-refractivity contribution in [3.8, 4) is 11.8 Å². The van der Waals surface area contributed by atoms with Gasteiger partial charge in [0, 0.05) is 24.7 Å². The topological polar surface area (TPSA) is 77.0 Å². The first-order valence-corrected chi connectivity index (χ1v) is 4.38. The minimum Gasteiger partial charge on any atom is -0.396 e. The number of hydrogen-bond acceptors (Lipinski definition) is 4. The van der Waals surface area contributed by atoms with Crippen molar-refractivity contribution < 1.29 is 0 Å². The lowest BCUT2D eigenvalue weighted by Gasteiger charge is -1.97. The molecule has 4 heteroatoms. The van der Waals surface area contributed by atoms with Crippen LogP contribution in [0.4, 0.5) is 11.5 Å². The normalized spacial score (nSPS) is 9.21. The summed E-state index contributed by atoms with van der Waals surface area (Å²) in [5, 5.41) is 3.01. The SMILES string of the molecule is CNCCC#Cc1cnc(N)c(N)c1. The van der Waals surface area contributed by atoms with Gasteiger partial charge in [-0.25, -0.2) is 4.98 Å². The maximum atomic E-state index is 5.58. The van der Waals surface area contributed by atoms with Crippen molar-refractivity contribution in [1.29, 1.82) is 0 Å². The Morgan fingerprint density at radius 2 is 2.29 bits per heavy atom. The molecule has 0 aliphatic rings. The maximum Gasteiger partial charge on any atom is 0.146 e. The van der Waals surface area contributed by atoms with Crippen LogP contribution in [0.2, 0.25) is 0 Å². The van der Waals surface area contributed by atoms with Gasteiger partial charge in [-0.15, -0.1) is 0 Å². The molecule has 0 atom stereocenters. The third-order valence-corrected chi connectivity index (χ3v) is 1.68. The number of pyridine rings is 1. The van der Waals surface area contributed by atoms with Gasteiger partial charge in [-0.3, -0.25) is 0 Å².